The summed E-state index contributed by atoms with van der Waals surface area (Å²) < 4.78 is 5.64. The Bertz CT molecular complexity index is 733. The van der Waals surface area contributed by atoms with Crippen LogP contribution in [-0.2, 0) is 11.3 Å². The van der Waals surface area contributed by atoms with Crippen molar-refractivity contribution in [2.24, 2.45) is 4.99 Å². The predicted octanol–water partition coefficient (Wildman–Crippen LogP) is 3.87. The first-order valence-corrected chi connectivity index (χ1v) is 10.1. The Kier molecular flexibility index (Phi) is 9.90. The van der Waals surface area contributed by atoms with Crippen molar-refractivity contribution in [3.63, 3.8) is 0 Å². The molecule has 0 radical (unpaired) electrons. The summed E-state index contributed by atoms with van der Waals surface area (Å²) in [6.45, 7) is 5.36. The van der Waals surface area contributed by atoms with Crippen molar-refractivity contribution in [1.82, 2.24) is 16.0 Å². The fourth-order valence-electron chi connectivity index (χ4n) is 3.67. The molecule has 0 bridgehead atoms. The number of aliphatic imine (C=N–C) groups is 1. The Hall–Kier alpha value is -1.64. The Morgan fingerprint density at radius 3 is 2.24 bits per heavy atom. The zero-order valence-corrected chi connectivity index (χ0v) is 19.7. The second-order valence-corrected chi connectivity index (χ2v) is 7.43. The Morgan fingerprint density at radius 1 is 1.00 bits per heavy atom. The number of hydrogen-bond acceptors (Lipinski definition) is 3. The Labute approximate surface area is 191 Å². The van der Waals surface area contributed by atoms with E-state index in [9.17, 15) is 0 Å². The number of ether oxygens (including phenoxy) is 1. The molecule has 0 amide bonds. The summed E-state index contributed by atoms with van der Waals surface area (Å²) in [4.78, 5) is 4.39. The molecular weight excluding hydrogens is 475 g/mol. The van der Waals surface area contributed by atoms with E-state index in [0.29, 0.717) is 0 Å². The molecular formula is C23H33IN4O. The molecule has 1 aliphatic heterocycles. The van der Waals surface area contributed by atoms with Crippen LogP contribution >= 0.6 is 24.0 Å². The second kappa shape index (κ2) is 12.1. The van der Waals surface area contributed by atoms with Crippen LogP contribution in [0.1, 0.15) is 36.9 Å². The van der Waals surface area contributed by atoms with Crippen LogP contribution < -0.4 is 16.0 Å². The number of benzene rings is 2. The third kappa shape index (κ3) is 7.28. The topological polar surface area (TPSA) is 57.7 Å². The minimum atomic E-state index is -0.0160. The van der Waals surface area contributed by atoms with Crippen molar-refractivity contribution in [2.75, 3.05) is 26.8 Å². The Morgan fingerprint density at radius 2 is 1.62 bits per heavy atom. The molecule has 29 heavy (non-hydrogen) atoms. The highest BCUT2D eigenvalue weighted by atomic mass is 127. The molecule has 0 aromatic heterocycles. The van der Waals surface area contributed by atoms with Crippen LogP contribution in [0.5, 0.6) is 0 Å². The standard InChI is InChI=1S/C23H32N4O.HI/c1-19(21-11-7-4-8-12-21)27-23(13-15-28-16-14-23)18-26-22(24-2)25-17-20-9-5-3-6-10-20;/h3-12,19,27H,13-18H2,1-2H3,(H2,24,25,26);1H. The first-order valence-electron chi connectivity index (χ1n) is 10.1. The van der Waals surface area contributed by atoms with Crippen LogP contribution in [-0.4, -0.2) is 38.3 Å². The first-order chi connectivity index (χ1) is 13.7. The van der Waals surface area contributed by atoms with Crippen molar-refractivity contribution in [3.8, 4) is 0 Å². The summed E-state index contributed by atoms with van der Waals surface area (Å²) >= 11 is 0. The SMILES string of the molecule is CN=C(NCc1ccccc1)NCC1(NC(C)c2ccccc2)CCOCC1.I. The van der Waals surface area contributed by atoms with Crippen LogP contribution in [0.25, 0.3) is 0 Å². The van der Waals surface area contributed by atoms with Crippen molar-refractivity contribution < 1.29 is 4.74 Å². The maximum atomic E-state index is 5.64. The van der Waals surface area contributed by atoms with Gasteiger partial charge in [0.25, 0.3) is 0 Å². The molecule has 1 saturated heterocycles. The molecule has 6 heteroatoms. The van der Waals surface area contributed by atoms with Gasteiger partial charge in [-0.25, -0.2) is 0 Å². The lowest BCUT2D eigenvalue weighted by atomic mass is 9.88. The molecule has 2 aromatic carbocycles. The first kappa shape index (κ1) is 23.6. The third-order valence-electron chi connectivity index (χ3n) is 5.39. The maximum Gasteiger partial charge on any atom is 0.191 e. The lowest BCUT2D eigenvalue weighted by molar-refractivity contribution is 0.0355. The van der Waals surface area contributed by atoms with Crippen LogP contribution in [0.15, 0.2) is 65.7 Å². The van der Waals surface area contributed by atoms with E-state index in [1.807, 2.05) is 13.1 Å². The van der Waals surface area contributed by atoms with E-state index in [2.05, 4.69) is 82.5 Å². The summed E-state index contributed by atoms with van der Waals surface area (Å²) in [7, 11) is 1.82. The quantitative estimate of drug-likeness (QED) is 0.302. The number of rotatable bonds is 7. The van der Waals surface area contributed by atoms with Crippen LogP contribution in [0.2, 0.25) is 0 Å². The zero-order chi connectivity index (χ0) is 19.7. The van der Waals surface area contributed by atoms with E-state index >= 15 is 0 Å². The van der Waals surface area contributed by atoms with Gasteiger partial charge in [-0.1, -0.05) is 60.7 Å². The second-order valence-electron chi connectivity index (χ2n) is 7.43. The summed E-state index contributed by atoms with van der Waals surface area (Å²) in [6, 6.07) is 21.3. The van der Waals surface area contributed by atoms with E-state index in [-0.39, 0.29) is 35.6 Å². The van der Waals surface area contributed by atoms with Crippen molar-refractivity contribution in [2.45, 2.75) is 37.9 Å². The molecule has 0 spiro atoms. The summed E-state index contributed by atoms with van der Waals surface area (Å²) in [5, 5.41) is 10.8. The average Bonchev–Trinajstić information content (AvgIpc) is 2.76. The van der Waals surface area contributed by atoms with Gasteiger partial charge in [-0.15, -0.1) is 24.0 Å². The van der Waals surface area contributed by atoms with E-state index in [1.165, 1.54) is 11.1 Å². The molecule has 158 valence electrons. The zero-order valence-electron chi connectivity index (χ0n) is 17.4. The van der Waals surface area contributed by atoms with Crippen LogP contribution in [0.3, 0.4) is 0 Å². The van der Waals surface area contributed by atoms with Gasteiger partial charge in [0, 0.05) is 44.9 Å². The third-order valence-corrected chi connectivity index (χ3v) is 5.39. The molecule has 1 fully saturated rings. The monoisotopic (exact) mass is 508 g/mol. The minimum absolute atomic E-state index is 0. The summed E-state index contributed by atoms with van der Waals surface area (Å²) in [5.74, 6) is 0.823. The number of guanidine groups is 1. The predicted molar refractivity (Wildman–Crippen MR) is 131 cm³/mol. The fourth-order valence-corrected chi connectivity index (χ4v) is 3.67. The van der Waals surface area contributed by atoms with E-state index in [0.717, 1.165) is 45.1 Å². The van der Waals surface area contributed by atoms with Crippen molar-refractivity contribution in [3.05, 3.63) is 71.8 Å². The molecule has 1 aliphatic rings. The molecule has 3 N–H and O–H groups in total. The molecule has 5 nitrogen and oxygen atoms in total. The fraction of sp³-hybridized carbons (Fsp3) is 0.435. The highest BCUT2D eigenvalue weighted by Crippen LogP contribution is 2.25. The van der Waals surface area contributed by atoms with Crippen molar-refractivity contribution >= 4 is 29.9 Å². The van der Waals surface area contributed by atoms with Gasteiger partial charge in [0.1, 0.15) is 0 Å². The van der Waals surface area contributed by atoms with Gasteiger partial charge < -0.3 is 20.7 Å². The highest BCUT2D eigenvalue weighted by molar-refractivity contribution is 14.0. The number of nitrogens with one attached hydrogen (secondary N) is 3. The summed E-state index contributed by atoms with van der Waals surface area (Å²) in [5.41, 5.74) is 2.53. The van der Waals surface area contributed by atoms with Gasteiger partial charge in [-0.05, 0) is 30.9 Å². The lowest BCUT2D eigenvalue weighted by Gasteiger charge is -2.41. The van der Waals surface area contributed by atoms with Gasteiger partial charge in [0.15, 0.2) is 5.96 Å². The lowest BCUT2D eigenvalue weighted by Crippen LogP contribution is -2.58. The largest absolute Gasteiger partial charge is 0.381 e. The molecule has 1 heterocycles. The normalized spacial score (nSPS) is 17.1. The number of halogens is 1. The average molecular weight is 508 g/mol. The van der Waals surface area contributed by atoms with Gasteiger partial charge in [0.05, 0.1) is 0 Å². The van der Waals surface area contributed by atoms with E-state index in [1.54, 1.807) is 0 Å². The molecule has 3 rings (SSSR count). The van der Waals surface area contributed by atoms with Gasteiger partial charge in [-0.3, -0.25) is 4.99 Å². The van der Waals surface area contributed by atoms with Crippen molar-refractivity contribution in [1.29, 1.82) is 0 Å². The summed E-state index contributed by atoms with van der Waals surface area (Å²) in [6.07, 6.45) is 1.96. The van der Waals surface area contributed by atoms with Gasteiger partial charge in [0.2, 0.25) is 0 Å². The highest BCUT2D eigenvalue weighted by Gasteiger charge is 2.34. The molecule has 0 saturated carbocycles. The molecule has 1 unspecified atom stereocenters. The van der Waals surface area contributed by atoms with E-state index in [4.69, 9.17) is 4.74 Å². The maximum absolute atomic E-state index is 5.64. The van der Waals surface area contributed by atoms with E-state index < -0.39 is 0 Å². The number of hydrogen-bond donors (Lipinski definition) is 3. The van der Waals surface area contributed by atoms with Crippen LogP contribution in [0.4, 0.5) is 0 Å². The van der Waals surface area contributed by atoms with Gasteiger partial charge >= 0.3 is 0 Å². The Balaban J connectivity index is 0.00000300. The minimum Gasteiger partial charge on any atom is -0.381 e. The molecule has 2 aromatic rings. The molecule has 1 atom stereocenters. The molecule has 0 aliphatic carbocycles. The smallest absolute Gasteiger partial charge is 0.191 e. The van der Waals surface area contributed by atoms with Crippen LogP contribution in [0, 0.1) is 0 Å². The number of nitrogens with zero attached hydrogens (tertiary/aromatic N) is 1. The van der Waals surface area contributed by atoms with Gasteiger partial charge in [-0.2, -0.15) is 0 Å².